The van der Waals surface area contributed by atoms with Gasteiger partial charge in [-0.3, -0.25) is 0 Å². The minimum atomic E-state index is 0.325. The Hall–Kier alpha value is -1.28. The molecule has 1 aromatic carbocycles. The highest BCUT2D eigenvalue weighted by Gasteiger charge is 2.23. The van der Waals surface area contributed by atoms with E-state index in [4.69, 9.17) is 9.47 Å². The zero-order valence-corrected chi connectivity index (χ0v) is 16.8. The molecule has 146 valence electrons. The summed E-state index contributed by atoms with van der Waals surface area (Å²) in [5, 5.41) is 0. The molecule has 1 saturated heterocycles. The average Bonchev–Trinajstić information content (AvgIpc) is 3.49. The van der Waals surface area contributed by atoms with Crippen LogP contribution in [0.1, 0.15) is 83.1 Å². The second kappa shape index (κ2) is 13.9. The van der Waals surface area contributed by atoms with Crippen LogP contribution in [0, 0.1) is 0 Å². The van der Waals surface area contributed by atoms with Crippen molar-refractivity contribution in [3.8, 4) is 5.75 Å². The number of hydrogen-bond acceptors (Lipinski definition) is 2. The third-order valence-corrected chi connectivity index (χ3v) is 5.01. The van der Waals surface area contributed by atoms with E-state index in [1.807, 2.05) is 0 Å². The monoisotopic (exact) mass is 358 g/mol. The van der Waals surface area contributed by atoms with Crippen molar-refractivity contribution < 1.29 is 9.47 Å². The molecule has 0 radical (unpaired) electrons. The van der Waals surface area contributed by atoms with Gasteiger partial charge in [-0.25, -0.2) is 0 Å². The van der Waals surface area contributed by atoms with E-state index < -0.39 is 0 Å². The number of aryl methyl sites for hydroxylation is 1. The SMILES string of the molecule is CCCCCCCC/C=C/CCCCCc1ccccc1OCC1CO1. The maximum atomic E-state index is 5.89. The summed E-state index contributed by atoms with van der Waals surface area (Å²) in [6, 6.07) is 8.45. The Labute approximate surface area is 161 Å². The van der Waals surface area contributed by atoms with Gasteiger partial charge in [0.2, 0.25) is 0 Å². The van der Waals surface area contributed by atoms with Gasteiger partial charge in [0.25, 0.3) is 0 Å². The average molecular weight is 359 g/mol. The molecule has 0 bridgehead atoms. The normalized spacial score (nSPS) is 16.3. The Morgan fingerprint density at radius 3 is 2.31 bits per heavy atom. The lowest BCUT2D eigenvalue weighted by Crippen LogP contribution is -2.05. The van der Waals surface area contributed by atoms with E-state index in [0.29, 0.717) is 12.7 Å². The molecule has 0 spiro atoms. The molecule has 0 N–H and O–H groups in total. The lowest BCUT2D eigenvalue weighted by Gasteiger charge is -2.10. The highest BCUT2D eigenvalue weighted by molar-refractivity contribution is 5.33. The van der Waals surface area contributed by atoms with Crippen molar-refractivity contribution in [2.24, 2.45) is 0 Å². The molecule has 1 atom stereocenters. The molecule has 1 fully saturated rings. The van der Waals surface area contributed by atoms with Crippen molar-refractivity contribution in [1.82, 2.24) is 0 Å². The van der Waals surface area contributed by atoms with E-state index in [2.05, 4.69) is 43.3 Å². The number of ether oxygens (including phenoxy) is 2. The van der Waals surface area contributed by atoms with Crippen molar-refractivity contribution in [1.29, 1.82) is 0 Å². The van der Waals surface area contributed by atoms with Crippen LogP contribution >= 0.6 is 0 Å². The number of epoxide rings is 1. The first-order valence-corrected chi connectivity index (χ1v) is 10.9. The zero-order valence-electron chi connectivity index (χ0n) is 16.8. The minimum absolute atomic E-state index is 0.325. The first-order valence-electron chi connectivity index (χ1n) is 10.9. The van der Waals surface area contributed by atoms with Crippen LogP contribution in [0.2, 0.25) is 0 Å². The molecule has 1 aliphatic rings. The molecular formula is C24H38O2. The quantitative estimate of drug-likeness (QED) is 0.183. The van der Waals surface area contributed by atoms with Gasteiger partial charge >= 0.3 is 0 Å². The van der Waals surface area contributed by atoms with E-state index in [-0.39, 0.29) is 0 Å². The number of para-hydroxylation sites is 1. The molecule has 0 aromatic heterocycles. The molecule has 2 heteroatoms. The molecule has 1 heterocycles. The first-order chi connectivity index (χ1) is 12.9. The van der Waals surface area contributed by atoms with Crippen LogP contribution in [0.3, 0.4) is 0 Å². The molecule has 0 aliphatic carbocycles. The van der Waals surface area contributed by atoms with Crippen LogP contribution in [-0.4, -0.2) is 19.3 Å². The summed E-state index contributed by atoms with van der Waals surface area (Å²) in [7, 11) is 0. The fourth-order valence-corrected chi connectivity index (χ4v) is 3.23. The smallest absolute Gasteiger partial charge is 0.122 e. The summed E-state index contributed by atoms with van der Waals surface area (Å²) in [5.74, 6) is 1.04. The zero-order chi connectivity index (χ0) is 18.3. The van der Waals surface area contributed by atoms with Crippen LogP contribution < -0.4 is 4.74 Å². The Bertz CT molecular complexity index is 491. The predicted octanol–water partition coefficient (Wildman–Crippen LogP) is 6.87. The molecule has 1 aromatic rings. The maximum Gasteiger partial charge on any atom is 0.122 e. The van der Waals surface area contributed by atoms with E-state index >= 15 is 0 Å². The van der Waals surface area contributed by atoms with Gasteiger partial charge in [-0.1, -0.05) is 75.8 Å². The number of benzene rings is 1. The second-order valence-electron chi connectivity index (χ2n) is 7.50. The van der Waals surface area contributed by atoms with Gasteiger partial charge in [-0.2, -0.15) is 0 Å². The van der Waals surface area contributed by atoms with Crippen molar-refractivity contribution >= 4 is 0 Å². The molecule has 26 heavy (non-hydrogen) atoms. The van der Waals surface area contributed by atoms with Gasteiger partial charge in [-0.15, -0.1) is 0 Å². The minimum Gasteiger partial charge on any atom is -0.491 e. The van der Waals surface area contributed by atoms with Gasteiger partial charge in [-0.05, 0) is 50.2 Å². The summed E-state index contributed by atoms with van der Waals surface area (Å²) in [4.78, 5) is 0. The lowest BCUT2D eigenvalue weighted by atomic mass is 10.0. The summed E-state index contributed by atoms with van der Waals surface area (Å²) in [6.07, 6.45) is 20.9. The fourth-order valence-electron chi connectivity index (χ4n) is 3.23. The predicted molar refractivity (Wildman–Crippen MR) is 111 cm³/mol. The number of rotatable bonds is 16. The van der Waals surface area contributed by atoms with E-state index in [1.165, 1.54) is 76.2 Å². The lowest BCUT2D eigenvalue weighted by molar-refractivity contribution is 0.261. The Balaban J connectivity index is 1.45. The Kier molecular flexibility index (Phi) is 11.2. The Morgan fingerprint density at radius 1 is 0.923 bits per heavy atom. The van der Waals surface area contributed by atoms with Gasteiger partial charge in [0.15, 0.2) is 0 Å². The number of allylic oxidation sites excluding steroid dienone is 2. The van der Waals surface area contributed by atoms with E-state index in [1.54, 1.807) is 0 Å². The van der Waals surface area contributed by atoms with Crippen molar-refractivity contribution in [3.63, 3.8) is 0 Å². The summed E-state index contributed by atoms with van der Waals surface area (Å²) in [5.41, 5.74) is 1.34. The topological polar surface area (TPSA) is 21.8 Å². The summed E-state index contributed by atoms with van der Waals surface area (Å²) < 4.78 is 11.1. The van der Waals surface area contributed by atoms with E-state index in [0.717, 1.165) is 18.8 Å². The molecule has 1 aliphatic heterocycles. The first kappa shape index (κ1) is 21.0. The van der Waals surface area contributed by atoms with Crippen LogP contribution in [0.15, 0.2) is 36.4 Å². The van der Waals surface area contributed by atoms with Crippen molar-refractivity contribution in [2.45, 2.75) is 90.1 Å². The standard InChI is InChI=1S/C24H38O2/c1-2-3-4-5-6-7-8-9-10-11-12-13-14-17-22-18-15-16-19-24(22)26-21-23-20-25-23/h9-10,15-16,18-19,23H,2-8,11-14,17,20-21H2,1H3/b10-9+. The van der Waals surface area contributed by atoms with Crippen molar-refractivity contribution in [2.75, 3.05) is 13.2 Å². The van der Waals surface area contributed by atoms with Crippen molar-refractivity contribution in [3.05, 3.63) is 42.0 Å². The molecule has 2 rings (SSSR count). The third-order valence-electron chi connectivity index (χ3n) is 5.01. The van der Waals surface area contributed by atoms with Gasteiger partial charge in [0.05, 0.1) is 6.61 Å². The summed E-state index contributed by atoms with van der Waals surface area (Å²) >= 11 is 0. The maximum absolute atomic E-state index is 5.89. The highest BCUT2D eigenvalue weighted by Crippen LogP contribution is 2.22. The van der Waals surface area contributed by atoms with Gasteiger partial charge < -0.3 is 9.47 Å². The second-order valence-corrected chi connectivity index (χ2v) is 7.50. The van der Waals surface area contributed by atoms with Crippen LogP contribution in [-0.2, 0) is 11.2 Å². The summed E-state index contributed by atoms with van der Waals surface area (Å²) in [6.45, 7) is 3.83. The third kappa shape index (κ3) is 10.0. The van der Waals surface area contributed by atoms with Crippen LogP contribution in [0.4, 0.5) is 0 Å². The molecule has 2 nitrogen and oxygen atoms in total. The van der Waals surface area contributed by atoms with Crippen LogP contribution in [0.25, 0.3) is 0 Å². The van der Waals surface area contributed by atoms with E-state index in [9.17, 15) is 0 Å². The molecule has 0 amide bonds. The van der Waals surface area contributed by atoms with Gasteiger partial charge in [0.1, 0.15) is 18.5 Å². The van der Waals surface area contributed by atoms with Gasteiger partial charge in [0, 0.05) is 0 Å². The molecule has 0 saturated carbocycles. The molecule has 1 unspecified atom stereocenters. The molecular weight excluding hydrogens is 320 g/mol. The fraction of sp³-hybridized carbons (Fsp3) is 0.667. The Morgan fingerprint density at radius 2 is 1.58 bits per heavy atom. The highest BCUT2D eigenvalue weighted by atomic mass is 16.6. The van der Waals surface area contributed by atoms with Crippen LogP contribution in [0.5, 0.6) is 5.75 Å². The number of unbranched alkanes of at least 4 members (excludes halogenated alkanes) is 9. The number of hydrogen-bond donors (Lipinski definition) is 0. The largest absolute Gasteiger partial charge is 0.491 e.